The molecular weight excluding hydrogens is 264 g/mol. The van der Waals surface area contributed by atoms with E-state index < -0.39 is 0 Å². The second kappa shape index (κ2) is 6.66. The van der Waals surface area contributed by atoms with Crippen LogP contribution in [-0.2, 0) is 4.74 Å². The van der Waals surface area contributed by atoms with Gasteiger partial charge in [-0.2, -0.15) is 0 Å². The first-order valence-electron chi connectivity index (χ1n) is 7.45. The van der Waals surface area contributed by atoms with Gasteiger partial charge in [-0.1, -0.05) is 26.0 Å². The number of nitrogens with zero attached hydrogens (tertiary/aromatic N) is 2. The van der Waals surface area contributed by atoms with Crippen LogP contribution in [0.2, 0.25) is 0 Å². The number of ether oxygens (including phenoxy) is 1. The molecule has 0 aromatic carbocycles. The SMILES string of the molecule is C=CC[C@@H](c1cccn1/C=C\C)N1C(=O)OC[C@@H]1C(C)C. The number of amides is 1. The van der Waals surface area contributed by atoms with Crippen molar-refractivity contribution in [2.24, 2.45) is 5.92 Å². The molecule has 1 aromatic rings. The molecule has 4 heteroatoms. The first-order chi connectivity index (χ1) is 10.1. The van der Waals surface area contributed by atoms with Crippen molar-refractivity contribution in [3.63, 3.8) is 0 Å². The molecule has 0 bridgehead atoms. The third kappa shape index (κ3) is 3.04. The van der Waals surface area contributed by atoms with Crippen molar-refractivity contribution in [3.05, 3.63) is 42.8 Å². The van der Waals surface area contributed by atoms with E-state index in [4.69, 9.17) is 4.74 Å². The molecule has 114 valence electrons. The van der Waals surface area contributed by atoms with E-state index in [1.165, 1.54) is 0 Å². The van der Waals surface area contributed by atoms with Gasteiger partial charge in [0.1, 0.15) is 6.61 Å². The summed E-state index contributed by atoms with van der Waals surface area (Å²) in [5, 5.41) is 0. The predicted octanol–water partition coefficient (Wildman–Crippen LogP) is 4.07. The smallest absolute Gasteiger partial charge is 0.410 e. The number of aromatic nitrogens is 1. The number of hydrogen-bond donors (Lipinski definition) is 0. The zero-order chi connectivity index (χ0) is 15.4. The van der Waals surface area contributed by atoms with E-state index >= 15 is 0 Å². The zero-order valence-electron chi connectivity index (χ0n) is 13.0. The molecule has 2 rings (SSSR count). The number of rotatable bonds is 6. The Balaban J connectivity index is 2.39. The van der Waals surface area contributed by atoms with Gasteiger partial charge in [0.05, 0.1) is 12.1 Å². The molecule has 1 aliphatic heterocycles. The van der Waals surface area contributed by atoms with Crippen molar-refractivity contribution >= 4 is 12.3 Å². The maximum Gasteiger partial charge on any atom is 0.410 e. The normalized spacial score (nSPS) is 20.3. The molecule has 0 unspecified atom stereocenters. The van der Waals surface area contributed by atoms with Crippen LogP contribution in [0.25, 0.3) is 6.20 Å². The fourth-order valence-electron chi connectivity index (χ4n) is 2.84. The Morgan fingerprint density at radius 1 is 1.52 bits per heavy atom. The third-order valence-electron chi connectivity index (χ3n) is 3.90. The predicted molar refractivity (Wildman–Crippen MR) is 84.8 cm³/mol. The van der Waals surface area contributed by atoms with Crippen molar-refractivity contribution in [1.82, 2.24) is 9.47 Å². The summed E-state index contributed by atoms with van der Waals surface area (Å²) in [6.45, 7) is 10.5. The Hall–Kier alpha value is -1.97. The van der Waals surface area contributed by atoms with E-state index in [1.54, 1.807) is 0 Å². The molecule has 0 spiro atoms. The van der Waals surface area contributed by atoms with Crippen LogP contribution in [0.1, 0.15) is 38.9 Å². The van der Waals surface area contributed by atoms with Crippen LogP contribution >= 0.6 is 0 Å². The van der Waals surface area contributed by atoms with E-state index in [0.717, 1.165) is 5.69 Å². The second-order valence-electron chi connectivity index (χ2n) is 5.66. The summed E-state index contributed by atoms with van der Waals surface area (Å²) in [6.07, 6.45) is 8.32. The van der Waals surface area contributed by atoms with Crippen LogP contribution in [0.15, 0.2) is 37.1 Å². The van der Waals surface area contributed by atoms with Crippen LogP contribution in [0.4, 0.5) is 4.79 Å². The maximum absolute atomic E-state index is 12.2. The summed E-state index contributed by atoms with van der Waals surface area (Å²) in [5.74, 6) is 0.355. The average Bonchev–Trinajstić information content (AvgIpc) is 3.04. The van der Waals surface area contributed by atoms with Gasteiger partial charge in [-0.05, 0) is 31.4 Å². The van der Waals surface area contributed by atoms with Crippen LogP contribution < -0.4 is 0 Å². The molecule has 2 atom stereocenters. The molecule has 1 amide bonds. The van der Waals surface area contributed by atoms with Gasteiger partial charge in [0, 0.05) is 18.1 Å². The monoisotopic (exact) mass is 288 g/mol. The lowest BCUT2D eigenvalue weighted by Gasteiger charge is -2.32. The Bertz CT molecular complexity index is 531. The van der Waals surface area contributed by atoms with Crippen LogP contribution in [0, 0.1) is 5.92 Å². The van der Waals surface area contributed by atoms with Crippen LogP contribution in [-0.4, -0.2) is 28.2 Å². The first-order valence-corrected chi connectivity index (χ1v) is 7.45. The average molecular weight is 288 g/mol. The number of allylic oxidation sites excluding steroid dienone is 1. The quantitative estimate of drug-likeness (QED) is 0.739. The molecule has 4 nitrogen and oxygen atoms in total. The highest BCUT2D eigenvalue weighted by Crippen LogP contribution is 2.33. The maximum atomic E-state index is 12.2. The van der Waals surface area contributed by atoms with Crippen molar-refractivity contribution in [2.75, 3.05) is 6.61 Å². The molecular formula is C17H24N2O2. The summed E-state index contributed by atoms with van der Waals surface area (Å²) in [7, 11) is 0. The molecule has 21 heavy (non-hydrogen) atoms. The highest BCUT2D eigenvalue weighted by molar-refractivity contribution is 5.71. The summed E-state index contributed by atoms with van der Waals surface area (Å²) < 4.78 is 7.34. The van der Waals surface area contributed by atoms with Gasteiger partial charge in [0.2, 0.25) is 0 Å². The van der Waals surface area contributed by atoms with Crippen LogP contribution in [0.5, 0.6) is 0 Å². The summed E-state index contributed by atoms with van der Waals surface area (Å²) >= 11 is 0. The van der Waals surface area contributed by atoms with Gasteiger partial charge >= 0.3 is 6.09 Å². The molecule has 0 aliphatic carbocycles. The highest BCUT2D eigenvalue weighted by atomic mass is 16.6. The Labute approximate surface area is 126 Å². The molecule has 1 fully saturated rings. The number of hydrogen-bond acceptors (Lipinski definition) is 2. The van der Waals surface area contributed by atoms with E-state index in [2.05, 4.69) is 31.1 Å². The standard InChI is InChI=1S/C17H24N2O2/c1-5-8-15(14-9-7-11-18(14)10-6-2)19-16(13(3)4)12-21-17(19)20/h5-7,9-11,13,15-16H,1,8,12H2,2-4H3/b10-6-/t15-,16+/m0/s1. The molecule has 2 heterocycles. The lowest BCUT2D eigenvalue weighted by atomic mass is 10.00. The van der Waals surface area contributed by atoms with Crippen molar-refractivity contribution in [1.29, 1.82) is 0 Å². The van der Waals surface area contributed by atoms with Gasteiger partial charge in [0.15, 0.2) is 0 Å². The topological polar surface area (TPSA) is 34.5 Å². The van der Waals surface area contributed by atoms with Crippen molar-refractivity contribution in [2.45, 2.75) is 39.3 Å². The van der Waals surface area contributed by atoms with Gasteiger partial charge in [-0.15, -0.1) is 6.58 Å². The van der Waals surface area contributed by atoms with Gasteiger partial charge < -0.3 is 9.30 Å². The van der Waals surface area contributed by atoms with Crippen molar-refractivity contribution < 1.29 is 9.53 Å². The summed E-state index contributed by atoms with van der Waals surface area (Å²) in [4.78, 5) is 14.1. The minimum Gasteiger partial charge on any atom is -0.447 e. The van der Waals surface area contributed by atoms with E-state index in [9.17, 15) is 4.79 Å². The first kappa shape index (κ1) is 15.4. The summed E-state index contributed by atoms with van der Waals surface area (Å²) in [6, 6.07) is 4.11. The Morgan fingerprint density at radius 2 is 2.29 bits per heavy atom. The number of carbonyl (C=O) groups excluding carboxylic acids is 1. The Morgan fingerprint density at radius 3 is 2.90 bits per heavy atom. The fraction of sp³-hybridized carbons (Fsp3) is 0.471. The highest BCUT2D eigenvalue weighted by Gasteiger charge is 2.40. The third-order valence-corrected chi connectivity index (χ3v) is 3.90. The molecule has 0 N–H and O–H groups in total. The lowest BCUT2D eigenvalue weighted by Crippen LogP contribution is -2.40. The molecule has 1 saturated heterocycles. The largest absolute Gasteiger partial charge is 0.447 e. The van der Waals surface area contributed by atoms with Crippen LogP contribution in [0.3, 0.4) is 0 Å². The van der Waals surface area contributed by atoms with Gasteiger partial charge in [-0.3, -0.25) is 4.90 Å². The minimum atomic E-state index is -0.228. The molecule has 0 radical (unpaired) electrons. The molecule has 0 saturated carbocycles. The van der Waals surface area contributed by atoms with Gasteiger partial charge in [0.25, 0.3) is 0 Å². The minimum absolute atomic E-state index is 0.0453. The second-order valence-corrected chi connectivity index (χ2v) is 5.66. The Kier molecular flexibility index (Phi) is 4.89. The van der Waals surface area contributed by atoms with Gasteiger partial charge in [-0.25, -0.2) is 4.79 Å². The fourth-order valence-corrected chi connectivity index (χ4v) is 2.84. The van der Waals surface area contributed by atoms with E-state index in [1.807, 2.05) is 42.4 Å². The zero-order valence-corrected chi connectivity index (χ0v) is 13.0. The number of carbonyl (C=O) groups is 1. The number of cyclic esters (lactones) is 1. The van der Waals surface area contributed by atoms with E-state index in [-0.39, 0.29) is 18.2 Å². The lowest BCUT2D eigenvalue weighted by molar-refractivity contribution is 0.138. The molecule has 1 aliphatic rings. The summed E-state index contributed by atoms with van der Waals surface area (Å²) in [5.41, 5.74) is 1.08. The molecule has 1 aromatic heterocycles. The van der Waals surface area contributed by atoms with Crippen molar-refractivity contribution in [3.8, 4) is 0 Å². The van der Waals surface area contributed by atoms with E-state index in [0.29, 0.717) is 18.9 Å².